The number of imidazole rings is 1. The second-order valence-electron chi connectivity index (χ2n) is 5.61. The fraction of sp³-hybridized carbons (Fsp3) is 0.111. The van der Waals surface area contributed by atoms with E-state index in [4.69, 9.17) is 0 Å². The lowest BCUT2D eigenvalue weighted by Gasteiger charge is -2.09. The third-order valence-corrected chi connectivity index (χ3v) is 3.99. The molecule has 0 fully saturated rings. The standard InChI is InChI=1S/C18H16N6O/c1-12-15(24-10-3-2-7-16(24)22-12)11-21-18(25)23-14-6-4-5-13-17(14)20-9-8-19-13/h2-10H,11H2,1H3,(H2,21,23,25). The third kappa shape index (κ3) is 2.87. The number of nitrogens with zero attached hydrogens (tertiary/aromatic N) is 4. The number of rotatable bonds is 3. The molecule has 4 rings (SSSR count). The number of anilines is 1. The minimum absolute atomic E-state index is 0.302. The molecule has 0 aliphatic carbocycles. The van der Waals surface area contributed by atoms with Crippen LogP contribution in [0.1, 0.15) is 11.4 Å². The number of aromatic nitrogens is 4. The highest BCUT2D eigenvalue weighted by molar-refractivity contribution is 5.98. The molecule has 0 aliphatic heterocycles. The quantitative estimate of drug-likeness (QED) is 0.604. The Hall–Kier alpha value is -3.48. The van der Waals surface area contributed by atoms with Crippen molar-refractivity contribution >= 4 is 28.4 Å². The van der Waals surface area contributed by atoms with Crippen LogP contribution in [-0.2, 0) is 6.54 Å². The SMILES string of the molecule is Cc1nc2ccccn2c1CNC(=O)Nc1cccc2nccnc12. The summed E-state index contributed by atoms with van der Waals surface area (Å²) in [4.78, 5) is 25.3. The summed E-state index contributed by atoms with van der Waals surface area (Å²) in [5.74, 6) is 0. The van der Waals surface area contributed by atoms with Crippen molar-refractivity contribution in [2.24, 2.45) is 0 Å². The van der Waals surface area contributed by atoms with E-state index in [1.165, 1.54) is 0 Å². The Morgan fingerprint density at radius 2 is 2.00 bits per heavy atom. The van der Waals surface area contributed by atoms with Gasteiger partial charge >= 0.3 is 6.03 Å². The fourth-order valence-corrected chi connectivity index (χ4v) is 2.80. The first-order valence-corrected chi connectivity index (χ1v) is 7.89. The summed E-state index contributed by atoms with van der Waals surface area (Å²) in [6.07, 6.45) is 5.16. The number of hydrogen-bond donors (Lipinski definition) is 2. The number of amides is 2. The van der Waals surface area contributed by atoms with E-state index in [-0.39, 0.29) is 6.03 Å². The average molecular weight is 332 g/mol. The van der Waals surface area contributed by atoms with Gasteiger partial charge in [-0.15, -0.1) is 0 Å². The zero-order valence-electron chi connectivity index (χ0n) is 13.6. The Balaban J connectivity index is 1.51. The first-order chi connectivity index (χ1) is 12.2. The van der Waals surface area contributed by atoms with Crippen molar-refractivity contribution in [2.45, 2.75) is 13.5 Å². The van der Waals surface area contributed by atoms with Crippen LogP contribution in [0, 0.1) is 6.92 Å². The molecule has 7 nitrogen and oxygen atoms in total. The van der Waals surface area contributed by atoms with Crippen LogP contribution >= 0.6 is 0 Å². The lowest BCUT2D eigenvalue weighted by molar-refractivity contribution is 0.251. The number of pyridine rings is 1. The number of hydrogen-bond acceptors (Lipinski definition) is 4. The highest BCUT2D eigenvalue weighted by Crippen LogP contribution is 2.18. The molecule has 0 radical (unpaired) electrons. The maximum atomic E-state index is 12.3. The van der Waals surface area contributed by atoms with Crippen molar-refractivity contribution in [1.82, 2.24) is 24.7 Å². The molecule has 0 bridgehead atoms. The van der Waals surface area contributed by atoms with E-state index in [2.05, 4.69) is 25.6 Å². The molecule has 0 unspecified atom stereocenters. The van der Waals surface area contributed by atoms with Gasteiger partial charge in [0.15, 0.2) is 0 Å². The van der Waals surface area contributed by atoms with Gasteiger partial charge in [-0.05, 0) is 31.2 Å². The molecule has 2 N–H and O–H groups in total. The maximum Gasteiger partial charge on any atom is 0.319 e. The summed E-state index contributed by atoms with van der Waals surface area (Å²) < 4.78 is 1.97. The van der Waals surface area contributed by atoms with Crippen LogP contribution in [0.25, 0.3) is 16.7 Å². The van der Waals surface area contributed by atoms with Gasteiger partial charge < -0.3 is 15.0 Å². The zero-order chi connectivity index (χ0) is 17.2. The van der Waals surface area contributed by atoms with Crippen LogP contribution in [0.3, 0.4) is 0 Å². The van der Waals surface area contributed by atoms with Gasteiger partial charge in [0.25, 0.3) is 0 Å². The predicted octanol–water partition coefficient (Wildman–Crippen LogP) is 2.91. The topological polar surface area (TPSA) is 84.2 Å². The van der Waals surface area contributed by atoms with Crippen LogP contribution in [-0.4, -0.2) is 25.4 Å². The summed E-state index contributed by atoms with van der Waals surface area (Å²) in [5, 5.41) is 5.70. The van der Waals surface area contributed by atoms with Gasteiger partial charge in [-0.3, -0.25) is 9.97 Å². The Morgan fingerprint density at radius 3 is 2.92 bits per heavy atom. The Labute approximate surface area is 143 Å². The minimum Gasteiger partial charge on any atom is -0.332 e. The number of fused-ring (bicyclic) bond motifs is 2. The van der Waals surface area contributed by atoms with E-state index in [1.807, 2.05) is 47.9 Å². The highest BCUT2D eigenvalue weighted by Gasteiger charge is 2.11. The normalized spacial score (nSPS) is 10.9. The number of benzene rings is 1. The molecule has 25 heavy (non-hydrogen) atoms. The van der Waals surface area contributed by atoms with Crippen LogP contribution in [0.5, 0.6) is 0 Å². The van der Waals surface area contributed by atoms with Crippen LogP contribution in [0.4, 0.5) is 10.5 Å². The molecule has 3 aromatic heterocycles. The molecule has 0 spiro atoms. The number of nitrogens with one attached hydrogen (secondary N) is 2. The molecule has 0 atom stereocenters. The molecule has 0 aliphatic rings. The number of para-hydroxylation sites is 1. The number of aryl methyl sites for hydroxylation is 1. The molecule has 7 heteroatoms. The smallest absolute Gasteiger partial charge is 0.319 e. The van der Waals surface area contributed by atoms with Crippen molar-refractivity contribution in [3.63, 3.8) is 0 Å². The number of carbonyl (C=O) groups is 1. The van der Waals surface area contributed by atoms with Crippen molar-refractivity contribution in [3.05, 3.63) is 66.4 Å². The Morgan fingerprint density at radius 1 is 1.12 bits per heavy atom. The minimum atomic E-state index is -0.302. The second kappa shape index (κ2) is 6.20. The summed E-state index contributed by atoms with van der Waals surface area (Å²) in [6.45, 7) is 2.31. The van der Waals surface area contributed by atoms with Gasteiger partial charge in [-0.1, -0.05) is 12.1 Å². The van der Waals surface area contributed by atoms with Gasteiger partial charge in [0.1, 0.15) is 11.2 Å². The van der Waals surface area contributed by atoms with E-state index in [1.54, 1.807) is 18.5 Å². The largest absolute Gasteiger partial charge is 0.332 e. The molecule has 3 heterocycles. The summed E-state index contributed by atoms with van der Waals surface area (Å²) in [7, 11) is 0. The van der Waals surface area contributed by atoms with E-state index in [9.17, 15) is 4.79 Å². The predicted molar refractivity (Wildman–Crippen MR) is 95.3 cm³/mol. The molecule has 2 amide bonds. The number of carbonyl (C=O) groups excluding carboxylic acids is 1. The van der Waals surface area contributed by atoms with Crippen LogP contribution in [0.2, 0.25) is 0 Å². The summed E-state index contributed by atoms with van der Waals surface area (Å²) >= 11 is 0. The first-order valence-electron chi connectivity index (χ1n) is 7.89. The Kier molecular flexibility index (Phi) is 3.74. The van der Waals surface area contributed by atoms with Crippen molar-refractivity contribution in [1.29, 1.82) is 0 Å². The summed E-state index contributed by atoms with van der Waals surface area (Å²) in [6, 6.07) is 11.0. The molecule has 0 saturated heterocycles. The molecule has 124 valence electrons. The van der Waals surface area contributed by atoms with Crippen molar-refractivity contribution < 1.29 is 4.79 Å². The number of urea groups is 1. The molecular formula is C18H16N6O. The van der Waals surface area contributed by atoms with Gasteiger partial charge in [-0.2, -0.15) is 0 Å². The fourth-order valence-electron chi connectivity index (χ4n) is 2.80. The van der Waals surface area contributed by atoms with E-state index in [0.29, 0.717) is 17.7 Å². The summed E-state index contributed by atoms with van der Waals surface area (Å²) in [5.41, 5.74) is 4.72. The van der Waals surface area contributed by atoms with Crippen LogP contribution in [0.15, 0.2) is 55.0 Å². The van der Waals surface area contributed by atoms with E-state index < -0.39 is 0 Å². The monoisotopic (exact) mass is 332 g/mol. The van der Waals surface area contributed by atoms with Gasteiger partial charge in [0.05, 0.1) is 29.1 Å². The third-order valence-electron chi connectivity index (χ3n) is 3.99. The average Bonchev–Trinajstić information content (AvgIpc) is 2.95. The van der Waals surface area contributed by atoms with Gasteiger partial charge in [0, 0.05) is 18.6 Å². The molecule has 4 aromatic rings. The van der Waals surface area contributed by atoms with Crippen molar-refractivity contribution in [3.8, 4) is 0 Å². The van der Waals surface area contributed by atoms with Gasteiger partial charge in [0.2, 0.25) is 0 Å². The molecular weight excluding hydrogens is 316 g/mol. The van der Waals surface area contributed by atoms with Crippen LogP contribution < -0.4 is 10.6 Å². The lowest BCUT2D eigenvalue weighted by Crippen LogP contribution is -2.29. The lowest BCUT2D eigenvalue weighted by atomic mass is 10.2. The Bertz CT molecular complexity index is 1070. The molecule has 0 saturated carbocycles. The van der Waals surface area contributed by atoms with E-state index >= 15 is 0 Å². The maximum absolute atomic E-state index is 12.3. The highest BCUT2D eigenvalue weighted by atomic mass is 16.2. The second-order valence-corrected chi connectivity index (χ2v) is 5.61. The zero-order valence-corrected chi connectivity index (χ0v) is 13.6. The molecule has 1 aromatic carbocycles. The van der Waals surface area contributed by atoms with E-state index in [0.717, 1.165) is 22.6 Å². The van der Waals surface area contributed by atoms with Gasteiger partial charge in [-0.25, -0.2) is 9.78 Å². The first kappa shape index (κ1) is 15.1. The van der Waals surface area contributed by atoms with Crippen molar-refractivity contribution in [2.75, 3.05) is 5.32 Å².